The molecule has 0 amide bonds. The van der Waals surface area contributed by atoms with Crippen molar-refractivity contribution in [2.45, 2.75) is 0 Å². The van der Waals surface area contributed by atoms with E-state index in [1.807, 2.05) is 0 Å². The molecule has 0 atom stereocenters. The van der Waals surface area contributed by atoms with Crippen LogP contribution in [0.1, 0.15) is 0 Å². The Kier molecular flexibility index (Phi) is 5.78. The fourth-order valence-corrected chi connectivity index (χ4v) is 0.533. The first-order valence-electron chi connectivity index (χ1n) is 1.44. The fourth-order valence-electron chi connectivity index (χ4n) is 0.0795. The first-order valence-corrected chi connectivity index (χ1v) is 3.56. The van der Waals surface area contributed by atoms with Crippen molar-refractivity contribution >= 4 is 25.3 Å². The first-order chi connectivity index (χ1) is 3.41. The largest absolute Gasteiger partial charge is 0.315 e. The molecule has 0 aromatic carbocycles. The maximum absolute atomic E-state index is 4.80. The lowest BCUT2D eigenvalue weighted by Crippen LogP contribution is -1.97. The number of terminal acetylenes is 1. The van der Waals surface area contributed by atoms with Crippen LogP contribution in [0.5, 0.6) is 0 Å². The second-order valence-electron chi connectivity index (χ2n) is 0.576. The summed E-state index contributed by atoms with van der Waals surface area (Å²) in [5, 5.41) is 2.50. The SMILES string of the molecule is C#CNC=ION. The summed E-state index contributed by atoms with van der Waals surface area (Å²) in [5.74, 6) is 4.68. The molecule has 3 N–H and O–H groups in total. The molecule has 0 saturated carbocycles. The molecule has 0 spiro atoms. The summed E-state index contributed by atoms with van der Waals surface area (Å²) in [5.41, 5.74) is 0. The second-order valence-corrected chi connectivity index (χ2v) is 2.22. The lowest BCUT2D eigenvalue weighted by molar-refractivity contribution is 0.457. The van der Waals surface area contributed by atoms with Gasteiger partial charge in [-0.25, -0.2) is 9.06 Å². The third-order valence-corrected chi connectivity index (χ3v) is 1.09. The molecule has 0 heterocycles. The van der Waals surface area contributed by atoms with E-state index in [0.717, 1.165) is 0 Å². The van der Waals surface area contributed by atoms with E-state index in [0.29, 0.717) is 0 Å². The van der Waals surface area contributed by atoms with Gasteiger partial charge in [0.15, 0.2) is 0 Å². The van der Waals surface area contributed by atoms with Crippen LogP contribution in [0.3, 0.4) is 0 Å². The van der Waals surface area contributed by atoms with Crippen LogP contribution in [0.15, 0.2) is 0 Å². The summed E-state index contributed by atoms with van der Waals surface area (Å²) in [6, 6.07) is 2.19. The summed E-state index contributed by atoms with van der Waals surface area (Å²) >= 11 is -0.479. The van der Waals surface area contributed by atoms with Crippen LogP contribution in [-0.4, -0.2) is 4.14 Å². The number of hydrogen-bond donors (Lipinski definition) is 2. The van der Waals surface area contributed by atoms with Crippen LogP contribution in [0, 0.1) is 12.5 Å². The second kappa shape index (κ2) is 5.88. The monoisotopic (exact) mass is 212 g/mol. The van der Waals surface area contributed by atoms with E-state index in [4.69, 9.17) is 6.42 Å². The Morgan fingerprint density at radius 3 is 3.14 bits per heavy atom. The molecule has 7 heavy (non-hydrogen) atoms. The van der Waals surface area contributed by atoms with Crippen LogP contribution in [0.4, 0.5) is 0 Å². The highest BCUT2D eigenvalue weighted by atomic mass is 127. The van der Waals surface area contributed by atoms with Crippen molar-refractivity contribution < 1.29 is 3.17 Å². The predicted octanol–water partition coefficient (Wildman–Crippen LogP) is -0.298. The number of nitrogens with two attached hydrogens (primary N) is 1. The molecule has 0 aromatic rings. The molecule has 0 fully saturated rings. The van der Waals surface area contributed by atoms with Gasteiger partial charge in [0.25, 0.3) is 0 Å². The zero-order valence-electron chi connectivity index (χ0n) is 3.52. The quantitative estimate of drug-likeness (QED) is 0.286. The summed E-state index contributed by atoms with van der Waals surface area (Å²) < 4.78 is 5.88. The third-order valence-electron chi connectivity index (χ3n) is 0.234. The zero-order chi connectivity index (χ0) is 5.54. The minimum Gasteiger partial charge on any atom is -0.315 e. The van der Waals surface area contributed by atoms with Crippen molar-refractivity contribution in [1.29, 1.82) is 0 Å². The topological polar surface area (TPSA) is 47.3 Å². The Labute approximate surface area is 52.5 Å². The van der Waals surface area contributed by atoms with E-state index in [-0.39, 0.29) is 0 Å². The molecule has 0 unspecified atom stereocenters. The molecular formula is C3H5IN2O. The Bertz CT molecular complexity index is 95.6. The molecule has 0 aliphatic carbocycles. The van der Waals surface area contributed by atoms with Gasteiger partial charge < -0.3 is 5.32 Å². The van der Waals surface area contributed by atoms with Crippen LogP contribution >= 0.6 is 21.1 Å². The third kappa shape index (κ3) is 5.88. The standard InChI is InChI=1S/C3H5IN2O/c1-2-6-3-4-7-5/h1,3,6H,5H2. The lowest BCUT2D eigenvalue weighted by atomic mass is 11.1. The van der Waals surface area contributed by atoms with E-state index in [9.17, 15) is 0 Å². The summed E-state index contributed by atoms with van der Waals surface area (Å²) in [7, 11) is 0. The highest BCUT2D eigenvalue weighted by Crippen LogP contribution is 1.84. The van der Waals surface area contributed by atoms with E-state index >= 15 is 0 Å². The van der Waals surface area contributed by atoms with Gasteiger partial charge in [-0.1, -0.05) is 6.42 Å². The van der Waals surface area contributed by atoms with Crippen molar-refractivity contribution in [2.75, 3.05) is 0 Å². The maximum Gasteiger partial charge on any atom is 0.0877 e. The van der Waals surface area contributed by atoms with Gasteiger partial charge in [-0.2, -0.15) is 0 Å². The van der Waals surface area contributed by atoms with Crippen LogP contribution in [0.25, 0.3) is 0 Å². The number of rotatable bonds is 2. The van der Waals surface area contributed by atoms with Gasteiger partial charge in [0, 0.05) is 6.04 Å². The molecule has 0 rings (SSSR count). The van der Waals surface area contributed by atoms with E-state index in [2.05, 4.69) is 20.4 Å². The Hall–Kier alpha value is -0.120. The lowest BCUT2D eigenvalue weighted by Gasteiger charge is -1.78. The van der Waals surface area contributed by atoms with Crippen molar-refractivity contribution in [2.24, 2.45) is 5.90 Å². The smallest absolute Gasteiger partial charge is 0.0877 e. The summed E-state index contributed by atoms with van der Waals surface area (Å²) in [6.45, 7) is 0. The van der Waals surface area contributed by atoms with Crippen molar-refractivity contribution in [3.05, 3.63) is 0 Å². The van der Waals surface area contributed by atoms with Gasteiger partial charge in [0.2, 0.25) is 0 Å². The summed E-state index contributed by atoms with van der Waals surface area (Å²) in [6.07, 6.45) is 4.80. The van der Waals surface area contributed by atoms with Crippen molar-refractivity contribution in [3.63, 3.8) is 0 Å². The van der Waals surface area contributed by atoms with Gasteiger partial charge in [0.1, 0.15) is 0 Å². The maximum atomic E-state index is 4.80. The zero-order valence-corrected chi connectivity index (χ0v) is 5.68. The van der Waals surface area contributed by atoms with Crippen molar-refractivity contribution in [3.8, 4) is 12.5 Å². The van der Waals surface area contributed by atoms with Gasteiger partial charge in [-0.15, -0.1) is 0 Å². The van der Waals surface area contributed by atoms with E-state index in [1.165, 1.54) is 0 Å². The Balaban J connectivity index is 2.97. The van der Waals surface area contributed by atoms with Crippen LogP contribution in [0.2, 0.25) is 0 Å². The predicted molar refractivity (Wildman–Crippen MR) is 37.3 cm³/mol. The highest BCUT2D eigenvalue weighted by Gasteiger charge is 1.60. The van der Waals surface area contributed by atoms with Crippen LogP contribution < -0.4 is 11.2 Å². The molecule has 40 valence electrons. The average molecular weight is 212 g/mol. The van der Waals surface area contributed by atoms with E-state index in [1.54, 1.807) is 4.14 Å². The fraction of sp³-hybridized carbons (Fsp3) is 0. The first kappa shape index (κ1) is 6.88. The Morgan fingerprint density at radius 1 is 2.00 bits per heavy atom. The molecule has 0 radical (unpaired) electrons. The van der Waals surface area contributed by atoms with Gasteiger partial charge in [-0.3, -0.25) is 0 Å². The molecule has 0 aliphatic rings. The molecule has 3 nitrogen and oxygen atoms in total. The van der Waals surface area contributed by atoms with Gasteiger partial charge in [0.05, 0.1) is 25.3 Å². The number of nitrogens with one attached hydrogen (secondary N) is 1. The molecule has 4 heteroatoms. The number of halogens is 1. The van der Waals surface area contributed by atoms with Crippen LogP contribution in [-0.2, 0) is 3.17 Å². The van der Waals surface area contributed by atoms with Gasteiger partial charge >= 0.3 is 0 Å². The normalized spacial score (nSPS) is 9.71. The number of hydrogen-bond acceptors (Lipinski definition) is 3. The molecule has 0 aliphatic heterocycles. The molecule has 0 bridgehead atoms. The molecule has 0 aromatic heterocycles. The molecular weight excluding hydrogens is 207 g/mol. The Morgan fingerprint density at radius 2 is 2.71 bits per heavy atom. The van der Waals surface area contributed by atoms with E-state index < -0.39 is 21.1 Å². The highest BCUT2D eigenvalue weighted by molar-refractivity contribution is 14.2. The van der Waals surface area contributed by atoms with Crippen molar-refractivity contribution in [1.82, 2.24) is 5.32 Å². The molecule has 0 saturated heterocycles. The average Bonchev–Trinajstić information content (AvgIpc) is 1.69. The van der Waals surface area contributed by atoms with Gasteiger partial charge in [-0.05, 0) is 0 Å². The minimum absolute atomic E-state index is 0.479. The summed E-state index contributed by atoms with van der Waals surface area (Å²) in [4.78, 5) is 0. The minimum atomic E-state index is -0.479.